The molecule has 1 aromatic heterocycles. The van der Waals surface area contributed by atoms with Gasteiger partial charge in [-0.1, -0.05) is 18.2 Å². The van der Waals surface area contributed by atoms with Gasteiger partial charge in [0.15, 0.2) is 0 Å². The number of piperidine rings is 1. The highest BCUT2D eigenvalue weighted by Gasteiger charge is 2.27. The Kier molecular flexibility index (Phi) is 9.17. The first-order valence-electron chi connectivity index (χ1n) is 12.6. The molecular weight excluding hydrogens is 454 g/mol. The Morgan fingerprint density at radius 2 is 1.92 bits per heavy atom. The van der Waals surface area contributed by atoms with Gasteiger partial charge in [-0.2, -0.15) is 0 Å². The molecule has 1 unspecified atom stereocenters. The van der Waals surface area contributed by atoms with Gasteiger partial charge in [0.2, 0.25) is 5.88 Å². The van der Waals surface area contributed by atoms with Crippen molar-refractivity contribution >= 4 is 5.69 Å². The number of benzene rings is 2. The van der Waals surface area contributed by atoms with E-state index in [0.29, 0.717) is 25.0 Å². The number of phenolic OH excluding ortho intramolecular Hbond substituents is 1. The van der Waals surface area contributed by atoms with Crippen LogP contribution in [0.25, 0.3) is 0 Å². The summed E-state index contributed by atoms with van der Waals surface area (Å²) in [6, 6.07) is 17.9. The van der Waals surface area contributed by atoms with Gasteiger partial charge < -0.3 is 30.0 Å². The molecule has 0 radical (unpaired) electrons. The quantitative estimate of drug-likeness (QED) is 0.248. The van der Waals surface area contributed by atoms with Crippen molar-refractivity contribution in [1.82, 2.24) is 10.3 Å². The van der Waals surface area contributed by atoms with E-state index in [0.717, 1.165) is 60.7 Å². The second-order valence-corrected chi connectivity index (χ2v) is 9.37. The monoisotopic (exact) mass is 491 g/mol. The van der Waals surface area contributed by atoms with Crippen molar-refractivity contribution in [2.45, 2.75) is 45.3 Å². The minimum Gasteiger partial charge on any atom is -0.506 e. The summed E-state index contributed by atoms with van der Waals surface area (Å²) in [5.74, 6) is 1.93. The van der Waals surface area contributed by atoms with E-state index >= 15 is 0 Å². The van der Waals surface area contributed by atoms with Gasteiger partial charge in [-0.05, 0) is 80.3 Å². The summed E-state index contributed by atoms with van der Waals surface area (Å²) < 4.78 is 17.5. The van der Waals surface area contributed by atoms with E-state index in [1.807, 2.05) is 50.2 Å². The maximum atomic E-state index is 10.2. The lowest BCUT2D eigenvalue weighted by molar-refractivity contribution is 0.0106. The number of anilines is 1. The molecule has 3 aromatic rings. The highest BCUT2D eigenvalue weighted by Crippen LogP contribution is 2.31. The summed E-state index contributed by atoms with van der Waals surface area (Å²) >= 11 is 0. The lowest BCUT2D eigenvalue weighted by Crippen LogP contribution is -2.40. The molecular formula is C29H37N3O4. The van der Waals surface area contributed by atoms with Crippen molar-refractivity contribution in [3.8, 4) is 17.4 Å². The zero-order valence-electron chi connectivity index (χ0n) is 21.4. The smallest absolute Gasteiger partial charge is 0.219 e. The van der Waals surface area contributed by atoms with Crippen molar-refractivity contribution < 1.29 is 19.3 Å². The summed E-state index contributed by atoms with van der Waals surface area (Å²) in [5, 5.41) is 16.9. The summed E-state index contributed by atoms with van der Waals surface area (Å²) in [7, 11) is 1.69. The molecule has 1 aliphatic rings. The number of pyridine rings is 1. The molecule has 0 amide bonds. The van der Waals surface area contributed by atoms with Crippen LogP contribution in [-0.4, -0.2) is 49.5 Å². The van der Waals surface area contributed by atoms with Gasteiger partial charge in [-0.25, -0.2) is 4.98 Å². The third kappa shape index (κ3) is 7.20. The van der Waals surface area contributed by atoms with Gasteiger partial charge in [0, 0.05) is 44.5 Å². The van der Waals surface area contributed by atoms with Crippen LogP contribution < -0.4 is 15.4 Å². The van der Waals surface area contributed by atoms with Gasteiger partial charge in [0.05, 0.1) is 18.4 Å². The van der Waals surface area contributed by atoms with Crippen LogP contribution in [0.1, 0.15) is 41.1 Å². The highest BCUT2D eigenvalue weighted by atomic mass is 16.5. The van der Waals surface area contributed by atoms with Crippen LogP contribution in [-0.2, 0) is 16.1 Å². The van der Waals surface area contributed by atoms with E-state index in [-0.39, 0.29) is 11.9 Å². The Labute approximate surface area is 213 Å². The van der Waals surface area contributed by atoms with Crippen molar-refractivity contribution in [2.24, 2.45) is 0 Å². The number of nitrogens with one attached hydrogen (secondary N) is 2. The van der Waals surface area contributed by atoms with E-state index in [1.165, 1.54) is 5.56 Å². The van der Waals surface area contributed by atoms with Crippen LogP contribution in [0.15, 0.2) is 54.6 Å². The molecule has 3 N–H and O–H groups in total. The molecule has 1 saturated heterocycles. The number of rotatable bonds is 11. The molecule has 192 valence electrons. The number of hydrogen-bond donors (Lipinski definition) is 3. The van der Waals surface area contributed by atoms with Crippen molar-refractivity contribution in [2.75, 3.05) is 38.7 Å². The standard InChI is InChI=1S/C29H37N3O4/c1-20-15-21(2)32-29(16-20)36-24-8-6-23(7-9-24)25-11-13-30-18-28(25)35-19-22-5-10-27(33)26(17-22)31-12-4-14-34-3/h5-10,15-17,25,28,30-31,33H,4,11-14,18-19H2,1-3H3/t25-,28?/m1/s1. The Bertz CT molecular complexity index is 1100. The van der Waals surface area contributed by atoms with Gasteiger partial charge in [0.25, 0.3) is 0 Å². The molecule has 1 aliphatic heterocycles. The van der Waals surface area contributed by atoms with Crippen LogP contribution in [0.5, 0.6) is 17.4 Å². The van der Waals surface area contributed by atoms with E-state index in [4.69, 9.17) is 14.2 Å². The minimum absolute atomic E-state index is 0.0542. The first kappa shape index (κ1) is 25.9. The average molecular weight is 492 g/mol. The molecule has 2 atom stereocenters. The van der Waals surface area contributed by atoms with E-state index < -0.39 is 0 Å². The number of aromatic nitrogens is 1. The molecule has 1 fully saturated rings. The predicted octanol–water partition coefficient (Wildman–Crippen LogP) is 5.31. The number of aryl methyl sites for hydroxylation is 2. The molecule has 0 bridgehead atoms. The summed E-state index contributed by atoms with van der Waals surface area (Å²) in [6.45, 7) is 7.68. The maximum absolute atomic E-state index is 10.2. The van der Waals surface area contributed by atoms with Gasteiger partial charge in [0.1, 0.15) is 11.5 Å². The topological polar surface area (TPSA) is 84.9 Å². The molecule has 2 aromatic carbocycles. The van der Waals surface area contributed by atoms with E-state index in [1.54, 1.807) is 13.2 Å². The van der Waals surface area contributed by atoms with Crippen molar-refractivity contribution in [1.29, 1.82) is 0 Å². The first-order chi connectivity index (χ1) is 17.5. The minimum atomic E-state index is 0.0542. The van der Waals surface area contributed by atoms with Crippen LogP contribution in [0, 0.1) is 13.8 Å². The number of methoxy groups -OCH3 is 1. The molecule has 0 aliphatic carbocycles. The van der Waals surface area contributed by atoms with E-state index in [2.05, 4.69) is 27.8 Å². The Morgan fingerprint density at radius 3 is 2.69 bits per heavy atom. The van der Waals surface area contributed by atoms with Crippen molar-refractivity contribution in [3.63, 3.8) is 0 Å². The zero-order chi connectivity index (χ0) is 25.3. The number of nitrogens with zero attached hydrogens (tertiary/aromatic N) is 1. The second kappa shape index (κ2) is 12.7. The number of ether oxygens (including phenoxy) is 3. The van der Waals surface area contributed by atoms with Crippen LogP contribution >= 0.6 is 0 Å². The summed E-state index contributed by atoms with van der Waals surface area (Å²) in [5.41, 5.74) is 5.06. The first-order valence-corrected chi connectivity index (χ1v) is 12.6. The highest BCUT2D eigenvalue weighted by molar-refractivity contribution is 5.57. The number of phenols is 1. The summed E-state index contributed by atoms with van der Waals surface area (Å²) in [6.07, 6.45) is 1.93. The average Bonchev–Trinajstić information content (AvgIpc) is 2.87. The molecule has 0 saturated carbocycles. The van der Waals surface area contributed by atoms with E-state index in [9.17, 15) is 5.11 Å². The molecule has 7 heteroatoms. The lowest BCUT2D eigenvalue weighted by atomic mass is 9.87. The molecule has 0 spiro atoms. The molecule has 4 rings (SSSR count). The number of hydrogen-bond acceptors (Lipinski definition) is 7. The third-order valence-electron chi connectivity index (χ3n) is 6.40. The van der Waals surface area contributed by atoms with Crippen LogP contribution in [0.2, 0.25) is 0 Å². The number of aromatic hydroxyl groups is 1. The fourth-order valence-corrected chi connectivity index (χ4v) is 4.60. The van der Waals surface area contributed by atoms with Gasteiger partial charge in [-0.15, -0.1) is 0 Å². The molecule has 2 heterocycles. The fourth-order valence-electron chi connectivity index (χ4n) is 4.60. The normalized spacial score (nSPS) is 17.6. The predicted molar refractivity (Wildman–Crippen MR) is 142 cm³/mol. The van der Waals surface area contributed by atoms with Crippen LogP contribution in [0.4, 0.5) is 5.69 Å². The second-order valence-electron chi connectivity index (χ2n) is 9.37. The Balaban J connectivity index is 1.37. The van der Waals surface area contributed by atoms with Crippen molar-refractivity contribution in [3.05, 3.63) is 77.0 Å². The fraction of sp³-hybridized carbons (Fsp3) is 0.414. The summed E-state index contributed by atoms with van der Waals surface area (Å²) in [4.78, 5) is 4.47. The Hall–Kier alpha value is -3.13. The SMILES string of the molecule is COCCCNc1cc(COC2CNCC[C@@H]2c2ccc(Oc3cc(C)cc(C)n3)cc2)ccc1O. The van der Waals surface area contributed by atoms with Crippen LogP contribution in [0.3, 0.4) is 0 Å². The third-order valence-corrected chi connectivity index (χ3v) is 6.40. The zero-order valence-corrected chi connectivity index (χ0v) is 21.4. The lowest BCUT2D eigenvalue weighted by Gasteiger charge is -2.32. The Morgan fingerprint density at radius 1 is 1.08 bits per heavy atom. The molecule has 36 heavy (non-hydrogen) atoms. The van der Waals surface area contributed by atoms with Gasteiger partial charge in [-0.3, -0.25) is 0 Å². The van der Waals surface area contributed by atoms with Gasteiger partial charge >= 0.3 is 0 Å². The largest absolute Gasteiger partial charge is 0.506 e. The molecule has 7 nitrogen and oxygen atoms in total. The maximum Gasteiger partial charge on any atom is 0.219 e.